The van der Waals surface area contributed by atoms with E-state index < -0.39 is 18.5 Å². The van der Waals surface area contributed by atoms with Crippen molar-refractivity contribution in [3.05, 3.63) is 70.5 Å². The van der Waals surface area contributed by atoms with E-state index in [9.17, 15) is 14.8 Å². The molecule has 0 aliphatic rings. The first-order valence-corrected chi connectivity index (χ1v) is 9.13. The Kier molecular flexibility index (Phi) is 5.77. The fraction of sp³-hybridized carbons (Fsp3) is 0.158. The molecule has 27 heavy (non-hydrogen) atoms. The zero-order valence-electron chi connectivity index (χ0n) is 14.5. The van der Waals surface area contributed by atoms with Crippen molar-refractivity contribution in [2.45, 2.75) is 13.3 Å². The van der Waals surface area contributed by atoms with Crippen LogP contribution in [0.2, 0.25) is 0 Å². The zero-order valence-corrected chi connectivity index (χ0v) is 15.4. The van der Waals surface area contributed by atoms with E-state index in [0.29, 0.717) is 9.86 Å². The molecule has 8 heteroatoms. The number of ether oxygens (including phenoxy) is 1. The van der Waals surface area contributed by atoms with Crippen LogP contribution < -0.4 is 10.0 Å². The third-order valence-corrected chi connectivity index (χ3v) is 4.54. The second kappa shape index (κ2) is 8.41. The quantitative estimate of drug-likeness (QED) is 0.401. The molecule has 0 bridgehead atoms. The van der Waals surface area contributed by atoms with Crippen LogP contribution in [0, 0.1) is 5.21 Å². The number of nitrogens with zero attached hydrogens (tertiary/aromatic N) is 2. The number of anilines is 1. The van der Waals surface area contributed by atoms with E-state index in [-0.39, 0.29) is 5.56 Å². The summed E-state index contributed by atoms with van der Waals surface area (Å²) in [6.07, 6.45) is 3.33. The molecule has 2 aromatic heterocycles. The number of hydrogen-bond acceptors (Lipinski definition) is 6. The van der Waals surface area contributed by atoms with Crippen molar-refractivity contribution < 1.29 is 19.1 Å². The number of nitrogens with one attached hydrogen (secondary N) is 1. The average Bonchev–Trinajstić information content (AvgIpc) is 3.15. The van der Waals surface area contributed by atoms with Gasteiger partial charge >= 0.3 is 5.97 Å². The van der Waals surface area contributed by atoms with Crippen LogP contribution in [0.5, 0.6) is 0 Å². The molecule has 0 aliphatic heterocycles. The molecule has 0 saturated heterocycles. The molecule has 2 heterocycles. The molecule has 0 radical (unpaired) electrons. The Balaban J connectivity index is 1.54. The lowest BCUT2D eigenvalue weighted by Gasteiger charge is -2.04. The summed E-state index contributed by atoms with van der Waals surface area (Å²) in [5.41, 5.74) is 3.18. The molecule has 0 aliphatic carbocycles. The molecular formula is C19H17N3O4S. The van der Waals surface area contributed by atoms with Crippen molar-refractivity contribution in [2.75, 3.05) is 11.9 Å². The van der Waals surface area contributed by atoms with Crippen molar-refractivity contribution in [1.82, 2.24) is 4.98 Å². The van der Waals surface area contributed by atoms with Crippen LogP contribution in [0.3, 0.4) is 0 Å². The van der Waals surface area contributed by atoms with E-state index in [2.05, 4.69) is 17.2 Å². The van der Waals surface area contributed by atoms with Crippen LogP contribution >= 0.6 is 11.3 Å². The van der Waals surface area contributed by atoms with Gasteiger partial charge in [0.15, 0.2) is 24.1 Å². The Morgan fingerprint density at radius 3 is 2.56 bits per heavy atom. The molecule has 0 saturated carbocycles. The SMILES string of the molecule is CCc1ccc(-c2csc(NC(=O)COC(=O)c3cc[n+]([O-])cc3)n2)cc1. The monoisotopic (exact) mass is 383 g/mol. The highest BCUT2D eigenvalue weighted by atomic mass is 32.1. The van der Waals surface area contributed by atoms with Crippen molar-refractivity contribution in [3.8, 4) is 11.3 Å². The second-order valence-corrected chi connectivity index (χ2v) is 6.52. The standard InChI is InChI=1S/C19H17N3O4S/c1-2-13-3-5-14(6-4-13)16-12-27-19(20-16)21-17(23)11-26-18(24)15-7-9-22(25)10-8-15/h3-10,12H,2,11H2,1H3,(H,20,21,23). The number of carbonyl (C=O) groups excluding carboxylic acids is 2. The molecule has 1 amide bonds. The van der Waals surface area contributed by atoms with Gasteiger partial charge in [-0.15, -0.1) is 11.3 Å². The number of carbonyl (C=O) groups is 2. The van der Waals surface area contributed by atoms with Crippen molar-refractivity contribution >= 4 is 28.3 Å². The minimum atomic E-state index is -0.679. The number of benzene rings is 1. The first-order chi connectivity index (χ1) is 13.0. The Hall–Kier alpha value is -3.26. The first kappa shape index (κ1) is 18.5. The van der Waals surface area contributed by atoms with Crippen molar-refractivity contribution in [2.24, 2.45) is 0 Å². The first-order valence-electron chi connectivity index (χ1n) is 8.26. The molecule has 3 aromatic rings. The highest BCUT2D eigenvalue weighted by Gasteiger charge is 2.13. The molecule has 3 rings (SSSR count). The summed E-state index contributed by atoms with van der Waals surface area (Å²) in [6, 6.07) is 10.7. The van der Waals surface area contributed by atoms with Gasteiger partial charge in [0.2, 0.25) is 0 Å². The topological polar surface area (TPSA) is 95.2 Å². The number of amides is 1. The maximum Gasteiger partial charge on any atom is 0.339 e. The van der Waals surface area contributed by atoms with E-state index in [0.717, 1.165) is 17.7 Å². The van der Waals surface area contributed by atoms with E-state index in [4.69, 9.17) is 4.74 Å². The zero-order chi connectivity index (χ0) is 19.2. The lowest BCUT2D eigenvalue weighted by Crippen LogP contribution is -2.25. The van der Waals surface area contributed by atoms with Crippen LogP contribution in [-0.4, -0.2) is 23.5 Å². The van der Waals surface area contributed by atoms with Crippen LogP contribution in [-0.2, 0) is 16.0 Å². The number of esters is 1. The van der Waals surface area contributed by atoms with Gasteiger partial charge in [-0.05, 0) is 12.0 Å². The molecule has 138 valence electrons. The van der Waals surface area contributed by atoms with E-state index in [1.807, 2.05) is 29.6 Å². The van der Waals surface area contributed by atoms with Gasteiger partial charge < -0.3 is 9.94 Å². The molecule has 1 N–H and O–H groups in total. The maximum absolute atomic E-state index is 12.0. The van der Waals surface area contributed by atoms with Gasteiger partial charge in [0.05, 0.1) is 11.3 Å². The summed E-state index contributed by atoms with van der Waals surface area (Å²) in [5.74, 6) is -1.16. The molecule has 0 spiro atoms. The van der Waals surface area contributed by atoms with Gasteiger partial charge in [-0.2, -0.15) is 4.73 Å². The smallest absolute Gasteiger partial charge is 0.339 e. The van der Waals surface area contributed by atoms with Crippen molar-refractivity contribution in [3.63, 3.8) is 0 Å². The predicted octanol–water partition coefficient (Wildman–Crippen LogP) is 2.80. The summed E-state index contributed by atoms with van der Waals surface area (Å²) in [7, 11) is 0. The lowest BCUT2D eigenvalue weighted by atomic mass is 10.1. The fourth-order valence-electron chi connectivity index (χ4n) is 2.29. The molecule has 0 atom stereocenters. The number of pyridine rings is 1. The van der Waals surface area contributed by atoms with Crippen LogP contribution in [0.25, 0.3) is 11.3 Å². The molecular weight excluding hydrogens is 366 g/mol. The Morgan fingerprint density at radius 2 is 1.89 bits per heavy atom. The van der Waals surface area contributed by atoms with Crippen LogP contribution in [0.4, 0.5) is 5.13 Å². The Morgan fingerprint density at radius 1 is 1.19 bits per heavy atom. The average molecular weight is 383 g/mol. The summed E-state index contributed by atoms with van der Waals surface area (Å²) in [6.45, 7) is 1.65. The molecule has 7 nitrogen and oxygen atoms in total. The van der Waals surface area contributed by atoms with Gasteiger partial charge in [0.1, 0.15) is 0 Å². The fourth-order valence-corrected chi connectivity index (χ4v) is 3.03. The van der Waals surface area contributed by atoms with Gasteiger partial charge in [0.25, 0.3) is 5.91 Å². The lowest BCUT2D eigenvalue weighted by molar-refractivity contribution is -0.605. The van der Waals surface area contributed by atoms with E-state index >= 15 is 0 Å². The summed E-state index contributed by atoms with van der Waals surface area (Å²) >= 11 is 1.29. The number of aromatic nitrogens is 2. The van der Waals surface area contributed by atoms with Gasteiger partial charge in [-0.3, -0.25) is 10.1 Å². The molecule has 0 fully saturated rings. The minimum absolute atomic E-state index is 0.196. The highest BCUT2D eigenvalue weighted by molar-refractivity contribution is 7.14. The second-order valence-electron chi connectivity index (χ2n) is 5.66. The van der Waals surface area contributed by atoms with Gasteiger partial charge in [-0.1, -0.05) is 31.2 Å². The highest BCUT2D eigenvalue weighted by Crippen LogP contribution is 2.25. The minimum Gasteiger partial charge on any atom is -0.619 e. The Labute approximate surface area is 159 Å². The number of hydrogen-bond donors (Lipinski definition) is 1. The van der Waals surface area contributed by atoms with E-state index in [1.165, 1.54) is 41.4 Å². The molecule has 0 unspecified atom stereocenters. The van der Waals surface area contributed by atoms with Gasteiger partial charge in [0, 0.05) is 23.1 Å². The van der Waals surface area contributed by atoms with Crippen LogP contribution in [0.15, 0.2) is 54.2 Å². The summed E-state index contributed by atoms with van der Waals surface area (Å²) in [4.78, 5) is 28.2. The van der Waals surface area contributed by atoms with E-state index in [1.54, 1.807) is 0 Å². The third-order valence-electron chi connectivity index (χ3n) is 3.78. The van der Waals surface area contributed by atoms with Gasteiger partial charge in [-0.25, -0.2) is 9.78 Å². The molecule has 1 aromatic carbocycles. The normalized spacial score (nSPS) is 10.4. The summed E-state index contributed by atoms with van der Waals surface area (Å²) < 4.78 is 5.49. The van der Waals surface area contributed by atoms with Crippen LogP contribution in [0.1, 0.15) is 22.8 Å². The third kappa shape index (κ3) is 4.89. The number of rotatable bonds is 6. The number of thiazole rings is 1. The predicted molar refractivity (Wildman–Crippen MR) is 101 cm³/mol. The maximum atomic E-state index is 12.0. The summed E-state index contributed by atoms with van der Waals surface area (Å²) in [5, 5.41) is 15.8. The largest absolute Gasteiger partial charge is 0.619 e. The number of aryl methyl sites for hydroxylation is 1. The van der Waals surface area contributed by atoms with Crippen molar-refractivity contribution in [1.29, 1.82) is 0 Å². The Bertz CT molecular complexity index is 936.